The Bertz CT molecular complexity index is 1280. The lowest BCUT2D eigenvalue weighted by atomic mass is 9.86. The Morgan fingerprint density at radius 3 is 2.07 bits per heavy atom. The molecule has 4 heteroatoms. The molecule has 0 bridgehead atoms. The first kappa shape index (κ1) is 16.1. The van der Waals surface area contributed by atoms with Gasteiger partial charge in [-0.1, -0.05) is 36.4 Å². The molecule has 4 heterocycles. The highest BCUT2D eigenvalue weighted by molar-refractivity contribution is 6.08. The van der Waals surface area contributed by atoms with E-state index in [1.54, 1.807) is 0 Å². The van der Waals surface area contributed by atoms with Crippen LogP contribution in [0.4, 0.5) is 0 Å². The second-order valence-corrected chi connectivity index (χ2v) is 7.13. The van der Waals surface area contributed by atoms with Crippen LogP contribution in [0.2, 0.25) is 0 Å². The molecular weight excluding hydrogens is 360 g/mol. The molecule has 4 nitrogen and oxygen atoms in total. The minimum Gasteiger partial charge on any atom is -0.454 e. The zero-order valence-corrected chi connectivity index (χ0v) is 15.8. The minimum absolute atomic E-state index is 0.762. The summed E-state index contributed by atoms with van der Waals surface area (Å²) in [5.74, 6) is 3.27. The van der Waals surface area contributed by atoms with Gasteiger partial charge in [0.2, 0.25) is 0 Å². The maximum Gasteiger partial charge on any atom is 0.256 e. The number of para-hydroxylation sites is 2. The molecule has 2 aromatic heterocycles. The standard InChI is InChI=1S/C25H17N2O2/c1-27-15-7-13-21-25(27)23(17-9-3-5-11-19(17)29-21)22-16-8-2-4-10-18(16)28-20-12-6-14-26-24(20)22/h2-15H,1H3/q+1. The van der Waals surface area contributed by atoms with Crippen LogP contribution in [0.25, 0.3) is 11.1 Å². The molecule has 2 aliphatic rings. The van der Waals surface area contributed by atoms with Crippen molar-refractivity contribution in [2.24, 2.45) is 7.05 Å². The lowest BCUT2D eigenvalue weighted by Gasteiger charge is -2.27. The largest absolute Gasteiger partial charge is 0.454 e. The fourth-order valence-electron chi connectivity index (χ4n) is 4.15. The summed E-state index contributed by atoms with van der Waals surface area (Å²) in [7, 11) is 2.04. The number of pyridine rings is 2. The third-order valence-electron chi connectivity index (χ3n) is 5.39. The molecule has 2 aliphatic heterocycles. The van der Waals surface area contributed by atoms with E-state index in [1.807, 2.05) is 80.1 Å². The molecule has 0 saturated heterocycles. The van der Waals surface area contributed by atoms with Gasteiger partial charge in [-0.25, -0.2) is 0 Å². The first-order chi connectivity index (χ1) is 14.3. The minimum atomic E-state index is 0.762. The Hall–Kier alpha value is -3.92. The van der Waals surface area contributed by atoms with Gasteiger partial charge in [0, 0.05) is 29.0 Å². The molecule has 0 atom stereocenters. The molecule has 0 spiro atoms. The Morgan fingerprint density at radius 1 is 0.655 bits per heavy atom. The summed E-state index contributed by atoms with van der Waals surface area (Å²) in [4.78, 5) is 4.72. The Kier molecular flexibility index (Phi) is 3.35. The molecule has 2 aromatic carbocycles. The second kappa shape index (κ2) is 6.04. The maximum atomic E-state index is 6.25. The van der Waals surface area contributed by atoms with Crippen LogP contribution in [0.5, 0.6) is 23.0 Å². The average Bonchev–Trinajstić information content (AvgIpc) is 2.76. The molecule has 0 saturated carbocycles. The quantitative estimate of drug-likeness (QED) is 0.345. The van der Waals surface area contributed by atoms with E-state index < -0.39 is 0 Å². The third kappa shape index (κ3) is 2.32. The Morgan fingerprint density at radius 2 is 1.28 bits per heavy atom. The van der Waals surface area contributed by atoms with Gasteiger partial charge in [-0.2, -0.15) is 4.57 Å². The van der Waals surface area contributed by atoms with Crippen molar-refractivity contribution in [1.29, 1.82) is 0 Å². The smallest absolute Gasteiger partial charge is 0.256 e. The van der Waals surface area contributed by atoms with Gasteiger partial charge in [0.15, 0.2) is 17.7 Å². The first-order valence-corrected chi connectivity index (χ1v) is 9.54. The number of hydrogen-bond donors (Lipinski definition) is 0. The number of rotatable bonds is 0. The lowest BCUT2D eigenvalue weighted by molar-refractivity contribution is -0.674. The molecule has 0 aliphatic carbocycles. The predicted octanol–water partition coefficient (Wildman–Crippen LogP) is 5.12. The number of fused-ring (bicyclic) bond motifs is 4. The number of hydrogen-bond acceptors (Lipinski definition) is 3. The van der Waals surface area contributed by atoms with Crippen LogP contribution in [-0.2, 0) is 7.05 Å². The van der Waals surface area contributed by atoms with Gasteiger partial charge in [0.25, 0.3) is 5.69 Å². The number of benzene rings is 2. The van der Waals surface area contributed by atoms with Crippen LogP contribution in [0, 0.1) is 0 Å². The van der Waals surface area contributed by atoms with Crippen molar-refractivity contribution in [2.45, 2.75) is 0 Å². The second-order valence-electron chi connectivity index (χ2n) is 7.13. The summed E-state index contributed by atoms with van der Waals surface area (Å²) in [5, 5.41) is 0. The van der Waals surface area contributed by atoms with Gasteiger partial charge in [0.1, 0.15) is 24.2 Å². The molecule has 0 amide bonds. The normalized spacial score (nSPS) is 15.9. The van der Waals surface area contributed by atoms with E-state index >= 15 is 0 Å². The zero-order valence-electron chi connectivity index (χ0n) is 15.8. The van der Waals surface area contributed by atoms with Crippen LogP contribution in [0.3, 0.4) is 0 Å². The summed E-state index contributed by atoms with van der Waals surface area (Å²) in [6, 6.07) is 24.2. The van der Waals surface area contributed by atoms with E-state index in [9.17, 15) is 0 Å². The highest BCUT2D eigenvalue weighted by atomic mass is 16.5. The van der Waals surface area contributed by atoms with Crippen LogP contribution >= 0.6 is 0 Å². The van der Waals surface area contributed by atoms with Crippen LogP contribution in [0.1, 0.15) is 22.5 Å². The number of nitrogens with zero attached hydrogens (tertiary/aromatic N) is 2. The van der Waals surface area contributed by atoms with E-state index in [2.05, 4.69) is 16.7 Å². The highest BCUT2D eigenvalue weighted by Crippen LogP contribution is 2.51. The molecule has 0 fully saturated rings. The zero-order chi connectivity index (χ0) is 19.4. The molecule has 6 rings (SSSR count). The lowest BCUT2D eigenvalue weighted by Crippen LogP contribution is -2.34. The van der Waals surface area contributed by atoms with Gasteiger partial charge < -0.3 is 9.47 Å². The molecular formula is C25H17N2O2+. The Balaban J connectivity index is 1.82. The molecule has 0 N–H and O–H groups in total. The summed E-state index contributed by atoms with van der Waals surface area (Å²) >= 11 is 0. The van der Waals surface area contributed by atoms with Gasteiger partial charge in [-0.15, -0.1) is 0 Å². The van der Waals surface area contributed by atoms with Crippen LogP contribution < -0.4 is 14.0 Å². The fraction of sp³-hybridized carbons (Fsp3) is 0.0400. The predicted molar refractivity (Wildman–Crippen MR) is 110 cm³/mol. The van der Waals surface area contributed by atoms with E-state index in [-0.39, 0.29) is 0 Å². The molecule has 4 aromatic rings. The number of aryl methyl sites for hydroxylation is 1. The van der Waals surface area contributed by atoms with Crippen molar-refractivity contribution in [3.8, 4) is 23.0 Å². The first-order valence-electron chi connectivity index (χ1n) is 9.54. The molecule has 0 unspecified atom stereocenters. The van der Waals surface area contributed by atoms with Crippen LogP contribution in [0.15, 0.2) is 85.2 Å². The topological polar surface area (TPSA) is 35.2 Å². The number of aromatic nitrogens is 2. The highest BCUT2D eigenvalue weighted by Gasteiger charge is 2.36. The van der Waals surface area contributed by atoms with Crippen molar-refractivity contribution in [2.75, 3.05) is 0 Å². The van der Waals surface area contributed by atoms with Gasteiger partial charge >= 0.3 is 0 Å². The summed E-state index contributed by atoms with van der Waals surface area (Å²) in [5.41, 5.74) is 6.09. The van der Waals surface area contributed by atoms with Crippen molar-refractivity contribution < 1.29 is 14.0 Å². The maximum absolute atomic E-state index is 6.25. The average molecular weight is 377 g/mol. The van der Waals surface area contributed by atoms with Gasteiger partial charge in [-0.3, -0.25) is 4.98 Å². The van der Waals surface area contributed by atoms with Gasteiger partial charge in [-0.05, 0) is 30.3 Å². The van der Waals surface area contributed by atoms with Gasteiger partial charge in [0.05, 0.1) is 5.57 Å². The van der Waals surface area contributed by atoms with Crippen molar-refractivity contribution >= 4 is 11.1 Å². The van der Waals surface area contributed by atoms with Crippen molar-refractivity contribution in [3.05, 3.63) is 108 Å². The monoisotopic (exact) mass is 377 g/mol. The summed E-state index contributed by atoms with van der Waals surface area (Å²) in [6.07, 6.45) is 3.86. The van der Waals surface area contributed by atoms with Crippen molar-refractivity contribution in [3.63, 3.8) is 0 Å². The third-order valence-corrected chi connectivity index (χ3v) is 5.39. The molecule has 0 radical (unpaired) electrons. The molecule has 138 valence electrons. The van der Waals surface area contributed by atoms with E-state index in [0.29, 0.717) is 0 Å². The van der Waals surface area contributed by atoms with E-state index in [0.717, 1.165) is 56.7 Å². The number of ether oxygens (including phenoxy) is 2. The molecule has 29 heavy (non-hydrogen) atoms. The van der Waals surface area contributed by atoms with Crippen LogP contribution in [-0.4, -0.2) is 4.98 Å². The fourth-order valence-corrected chi connectivity index (χ4v) is 4.15. The van der Waals surface area contributed by atoms with E-state index in [1.165, 1.54) is 0 Å². The SMILES string of the molecule is C[n+]1cccc2c1C(=C1c3ccccc3Oc3cccnc31)c1ccccc1O2. The summed E-state index contributed by atoms with van der Waals surface area (Å²) in [6.45, 7) is 0. The Labute approximate surface area is 168 Å². The van der Waals surface area contributed by atoms with E-state index in [4.69, 9.17) is 14.5 Å². The summed E-state index contributed by atoms with van der Waals surface area (Å²) < 4.78 is 14.5. The van der Waals surface area contributed by atoms with Crippen molar-refractivity contribution in [1.82, 2.24) is 4.98 Å².